The molecule has 6 heteroatoms. The van der Waals surface area contributed by atoms with Crippen LogP contribution >= 0.6 is 0 Å². The fraction of sp³-hybridized carbons (Fsp3) is 0.188. The lowest BCUT2D eigenvalue weighted by atomic mass is 9.92. The third kappa shape index (κ3) is 4.51. The van der Waals surface area contributed by atoms with E-state index < -0.39 is 18.2 Å². The number of halogens is 3. The van der Waals surface area contributed by atoms with Crippen molar-refractivity contribution in [2.75, 3.05) is 0 Å². The number of alkyl halides is 3. The number of aliphatic carboxylic acids is 1. The predicted octanol–water partition coefficient (Wildman–Crippen LogP) is 4.00. The highest BCUT2D eigenvalue weighted by atomic mass is 19.4. The van der Waals surface area contributed by atoms with Gasteiger partial charge < -0.3 is 9.84 Å². The molecule has 1 unspecified atom stereocenters. The van der Waals surface area contributed by atoms with Crippen molar-refractivity contribution in [1.29, 1.82) is 0 Å². The first-order valence-electron chi connectivity index (χ1n) is 6.47. The van der Waals surface area contributed by atoms with Crippen molar-refractivity contribution >= 4 is 5.97 Å². The van der Waals surface area contributed by atoms with Crippen LogP contribution in [0.5, 0.6) is 5.75 Å². The molecule has 0 aliphatic rings. The maximum absolute atomic E-state index is 12.2. The van der Waals surface area contributed by atoms with E-state index in [0.717, 1.165) is 0 Å². The fourth-order valence-corrected chi connectivity index (χ4v) is 2.14. The van der Waals surface area contributed by atoms with E-state index >= 15 is 0 Å². The Morgan fingerprint density at radius 2 is 1.77 bits per heavy atom. The highest BCUT2D eigenvalue weighted by molar-refractivity contribution is 5.76. The van der Waals surface area contributed by atoms with Crippen molar-refractivity contribution in [3.8, 4) is 5.75 Å². The van der Waals surface area contributed by atoms with Gasteiger partial charge >= 0.3 is 12.3 Å². The van der Waals surface area contributed by atoms with Crippen LogP contribution in [0.25, 0.3) is 0 Å². The molecule has 1 atom stereocenters. The van der Waals surface area contributed by atoms with E-state index in [9.17, 15) is 23.1 Å². The molecule has 0 aliphatic heterocycles. The third-order valence-corrected chi connectivity index (χ3v) is 3.07. The largest absolute Gasteiger partial charge is 0.573 e. The standard InChI is InChI=1S/C16H13F3O3/c17-16(18,19)22-13-8-4-5-11(9-13)10-14(15(20)21)12-6-2-1-3-7-12/h1-9,14H,10H2,(H,20,21). The maximum Gasteiger partial charge on any atom is 0.573 e. The molecule has 2 aromatic carbocycles. The normalized spacial score (nSPS) is 12.7. The van der Waals surface area contributed by atoms with E-state index in [2.05, 4.69) is 4.74 Å². The highest BCUT2D eigenvalue weighted by Crippen LogP contribution is 2.26. The molecule has 0 spiro atoms. The summed E-state index contributed by atoms with van der Waals surface area (Å²) in [6, 6.07) is 13.9. The summed E-state index contributed by atoms with van der Waals surface area (Å²) >= 11 is 0. The van der Waals surface area contributed by atoms with Gasteiger partial charge in [0.1, 0.15) is 5.75 Å². The molecule has 3 nitrogen and oxygen atoms in total. The van der Waals surface area contributed by atoms with E-state index in [1.54, 1.807) is 36.4 Å². The Balaban J connectivity index is 2.21. The summed E-state index contributed by atoms with van der Waals surface area (Å²) in [5.41, 5.74) is 1.05. The third-order valence-electron chi connectivity index (χ3n) is 3.07. The first kappa shape index (κ1) is 15.9. The molecule has 0 aromatic heterocycles. The monoisotopic (exact) mass is 310 g/mol. The number of carboxylic acid groups (broad SMARTS) is 1. The Labute approximate surface area is 125 Å². The van der Waals surface area contributed by atoms with Crippen molar-refractivity contribution in [1.82, 2.24) is 0 Å². The number of hydrogen-bond donors (Lipinski definition) is 1. The van der Waals surface area contributed by atoms with E-state index in [1.807, 2.05) is 0 Å². The highest BCUT2D eigenvalue weighted by Gasteiger charge is 2.31. The molecule has 0 amide bonds. The average Bonchev–Trinajstić information content (AvgIpc) is 2.44. The van der Waals surface area contributed by atoms with Crippen LogP contribution in [-0.2, 0) is 11.2 Å². The topological polar surface area (TPSA) is 46.5 Å². The summed E-state index contributed by atoms with van der Waals surface area (Å²) < 4.78 is 40.5. The Hall–Kier alpha value is -2.50. The van der Waals surface area contributed by atoms with Crippen LogP contribution in [-0.4, -0.2) is 17.4 Å². The zero-order valence-corrected chi connectivity index (χ0v) is 11.4. The van der Waals surface area contributed by atoms with E-state index in [4.69, 9.17) is 0 Å². The van der Waals surface area contributed by atoms with E-state index in [0.29, 0.717) is 11.1 Å². The first-order chi connectivity index (χ1) is 10.3. The fourth-order valence-electron chi connectivity index (χ4n) is 2.14. The summed E-state index contributed by atoms with van der Waals surface area (Å²) in [5, 5.41) is 9.33. The van der Waals surface area contributed by atoms with Gasteiger partial charge in [-0.05, 0) is 29.7 Å². The van der Waals surface area contributed by atoms with Gasteiger partial charge in [-0.2, -0.15) is 0 Å². The van der Waals surface area contributed by atoms with Gasteiger partial charge in [0.05, 0.1) is 5.92 Å². The van der Waals surface area contributed by atoms with Gasteiger partial charge in [-0.3, -0.25) is 4.79 Å². The van der Waals surface area contributed by atoms with Gasteiger partial charge in [-0.1, -0.05) is 42.5 Å². The smallest absolute Gasteiger partial charge is 0.481 e. The lowest BCUT2D eigenvalue weighted by molar-refractivity contribution is -0.274. The Kier molecular flexibility index (Phi) is 4.70. The zero-order valence-electron chi connectivity index (χ0n) is 11.4. The molecule has 116 valence electrons. The second kappa shape index (κ2) is 6.51. The van der Waals surface area contributed by atoms with Crippen molar-refractivity contribution in [2.24, 2.45) is 0 Å². The molecule has 2 aromatic rings. The molecular formula is C16H13F3O3. The van der Waals surface area contributed by atoms with Crippen LogP contribution in [0, 0.1) is 0 Å². The van der Waals surface area contributed by atoms with Crippen molar-refractivity contribution in [2.45, 2.75) is 18.7 Å². The maximum atomic E-state index is 12.2. The van der Waals surface area contributed by atoms with Gasteiger partial charge in [0, 0.05) is 0 Å². The lowest BCUT2D eigenvalue weighted by Crippen LogP contribution is -2.17. The molecule has 0 saturated heterocycles. The Morgan fingerprint density at radius 1 is 1.09 bits per heavy atom. The van der Waals surface area contributed by atoms with Crippen molar-refractivity contribution in [3.63, 3.8) is 0 Å². The molecule has 0 radical (unpaired) electrons. The average molecular weight is 310 g/mol. The minimum absolute atomic E-state index is 0.0778. The molecule has 0 aliphatic carbocycles. The molecule has 0 heterocycles. The zero-order chi connectivity index (χ0) is 16.2. The SMILES string of the molecule is O=C(O)C(Cc1cccc(OC(F)(F)F)c1)c1ccccc1. The van der Waals surface area contributed by atoms with Gasteiger partial charge in [0.2, 0.25) is 0 Å². The molecule has 0 fully saturated rings. The first-order valence-corrected chi connectivity index (χ1v) is 6.47. The van der Waals surface area contributed by atoms with Crippen LogP contribution in [0.4, 0.5) is 13.2 Å². The predicted molar refractivity (Wildman–Crippen MR) is 73.6 cm³/mol. The second-order valence-electron chi connectivity index (χ2n) is 4.70. The number of carboxylic acids is 1. The van der Waals surface area contributed by atoms with Crippen LogP contribution in [0.3, 0.4) is 0 Å². The van der Waals surface area contributed by atoms with Gasteiger partial charge in [0.15, 0.2) is 0 Å². The van der Waals surface area contributed by atoms with Gasteiger partial charge in [-0.25, -0.2) is 0 Å². The lowest BCUT2D eigenvalue weighted by Gasteiger charge is -2.14. The number of hydrogen-bond acceptors (Lipinski definition) is 2. The molecule has 0 saturated carbocycles. The molecule has 0 bridgehead atoms. The van der Waals surface area contributed by atoms with Crippen molar-refractivity contribution < 1.29 is 27.8 Å². The minimum Gasteiger partial charge on any atom is -0.481 e. The summed E-state index contributed by atoms with van der Waals surface area (Å²) in [6.07, 6.45) is -4.70. The summed E-state index contributed by atoms with van der Waals surface area (Å²) in [5.74, 6) is -2.22. The minimum atomic E-state index is -4.77. The Morgan fingerprint density at radius 3 is 2.36 bits per heavy atom. The van der Waals surface area contributed by atoms with Crippen LogP contribution in [0.1, 0.15) is 17.0 Å². The Bertz CT molecular complexity index is 639. The quantitative estimate of drug-likeness (QED) is 0.908. The van der Waals surface area contributed by atoms with Gasteiger partial charge in [-0.15, -0.1) is 13.2 Å². The van der Waals surface area contributed by atoms with Crippen LogP contribution in [0.2, 0.25) is 0 Å². The summed E-state index contributed by atoms with van der Waals surface area (Å²) in [7, 11) is 0. The molecule has 22 heavy (non-hydrogen) atoms. The number of carbonyl (C=O) groups is 1. The second-order valence-corrected chi connectivity index (χ2v) is 4.70. The number of benzene rings is 2. The van der Waals surface area contributed by atoms with Gasteiger partial charge in [0.25, 0.3) is 0 Å². The van der Waals surface area contributed by atoms with E-state index in [1.165, 1.54) is 18.2 Å². The van der Waals surface area contributed by atoms with Crippen molar-refractivity contribution in [3.05, 3.63) is 65.7 Å². The molecule has 1 N–H and O–H groups in total. The van der Waals surface area contributed by atoms with E-state index in [-0.39, 0.29) is 12.2 Å². The van der Waals surface area contributed by atoms with Crippen LogP contribution in [0.15, 0.2) is 54.6 Å². The number of ether oxygens (including phenoxy) is 1. The summed E-state index contributed by atoms with van der Waals surface area (Å²) in [6.45, 7) is 0. The molecule has 2 rings (SSSR count). The van der Waals surface area contributed by atoms with Crippen LogP contribution < -0.4 is 4.74 Å². The number of rotatable bonds is 5. The molecular weight excluding hydrogens is 297 g/mol. The summed E-state index contributed by atoms with van der Waals surface area (Å²) in [4.78, 5) is 11.4.